The van der Waals surface area contributed by atoms with Gasteiger partial charge in [0.05, 0.1) is 6.61 Å². The van der Waals surface area contributed by atoms with Gasteiger partial charge in [0.15, 0.2) is 0 Å². The van der Waals surface area contributed by atoms with Gasteiger partial charge in [0.1, 0.15) is 6.17 Å². The van der Waals surface area contributed by atoms with Crippen molar-refractivity contribution in [1.29, 1.82) is 0 Å². The zero-order valence-corrected chi connectivity index (χ0v) is 18.2. The Morgan fingerprint density at radius 3 is 1.74 bits per heavy atom. The predicted molar refractivity (Wildman–Crippen MR) is 114 cm³/mol. The minimum Gasteiger partial charge on any atom is -0.404 e. The van der Waals surface area contributed by atoms with E-state index in [1.54, 1.807) is 0 Å². The van der Waals surface area contributed by atoms with Crippen LogP contribution >= 0.6 is 0 Å². The van der Waals surface area contributed by atoms with Crippen molar-refractivity contribution >= 4 is 18.7 Å². The summed E-state index contributed by atoms with van der Waals surface area (Å²) in [6.07, 6.45) is -1.03. The number of rotatable bonds is 8. The fourth-order valence-electron chi connectivity index (χ4n) is 3.76. The van der Waals surface area contributed by atoms with Gasteiger partial charge >= 0.3 is 0 Å². The van der Waals surface area contributed by atoms with Gasteiger partial charge in [-0.05, 0) is 34.7 Å². The van der Waals surface area contributed by atoms with Crippen LogP contribution < -0.4 is 10.4 Å². The standard InChI is InChI=1S/C23H33FO2Si/c1-18(16-20(24)17-25)19(2)26-27(23(3,4)5,21-12-8-6-9-13-21)22-14-10-7-11-15-22/h6-15,18-20,25H,16-17H2,1-5H3/t18-,19+,20?/m1/s1. The third-order valence-electron chi connectivity index (χ3n) is 5.41. The molecule has 0 spiro atoms. The van der Waals surface area contributed by atoms with E-state index >= 15 is 0 Å². The van der Waals surface area contributed by atoms with Crippen molar-refractivity contribution < 1.29 is 13.9 Å². The Hall–Kier alpha value is -1.49. The topological polar surface area (TPSA) is 29.5 Å². The normalized spacial score (nSPS) is 16.0. The molecule has 0 aliphatic rings. The fraction of sp³-hybridized carbons (Fsp3) is 0.478. The summed E-state index contributed by atoms with van der Waals surface area (Å²) in [5, 5.41) is 11.4. The van der Waals surface area contributed by atoms with Crippen molar-refractivity contribution in [2.75, 3.05) is 6.61 Å². The fourth-order valence-corrected chi connectivity index (χ4v) is 8.56. The number of hydrogen-bond donors (Lipinski definition) is 1. The molecule has 0 amide bonds. The van der Waals surface area contributed by atoms with Gasteiger partial charge in [0.25, 0.3) is 8.32 Å². The van der Waals surface area contributed by atoms with Gasteiger partial charge in [0.2, 0.25) is 0 Å². The molecule has 1 N–H and O–H groups in total. The molecule has 0 aliphatic carbocycles. The molecule has 0 aromatic heterocycles. The maximum absolute atomic E-state index is 13.8. The Kier molecular flexibility index (Phi) is 7.37. The van der Waals surface area contributed by atoms with E-state index in [1.165, 1.54) is 10.4 Å². The number of aliphatic hydroxyl groups excluding tert-OH is 1. The lowest BCUT2D eigenvalue weighted by Gasteiger charge is -2.45. The average Bonchev–Trinajstić information content (AvgIpc) is 2.66. The molecular formula is C23H33FO2Si. The summed E-state index contributed by atoms with van der Waals surface area (Å²) < 4.78 is 20.7. The van der Waals surface area contributed by atoms with Gasteiger partial charge in [-0.2, -0.15) is 0 Å². The smallest absolute Gasteiger partial charge is 0.261 e. The molecule has 0 aliphatic heterocycles. The molecule has 2 nitrogen and oxygen atoms in total. The van der Waals surface area contributed by atoms with E-state index in [2.05, 4.69) is 69.3 Å². The molecule has 2 aromatic carbocycles. The van der Waals surface area contributed by atoms with Crippen LogP contribution in [0.25, 0.3) is 0 Å². The summed E-state index contributed by atoms with van der Waals surface area (Å²) >= 11 is 0. The van der Waals surface area contributed by atoms with E-state index in [9.17, 15) is 4.39 Å². The predicted octanol–water partition coefficient (Wildman–Crippen LogP) is 4.31. The molecule has 3 atom stereocenters. The molecule has 0 saturated heterocycles. The quantitative estimate of drug-likeness (QED) is 0.683. The molecule has 0 saturated carbocycles. The average molecular weight is 389 g/mol. The summed E-state index contributed by atoms with van der Waals surface area (Å²) in [7, 11) is -2.62. The van der Waals surface area contributed by atoms with Crippen LogP contribution in [0, 0.1) is 5.92 Å². The van der Waals surface area contributed by atoms with Crippen LogP contribution in [0.3, 0.4) is 0 Å². The molecule has 1 unspecified atom stereocenters. The van der Waals surface area contributed by atoms with E-state index in [4.69, 9.17) is 9.53 Å². The highest BCUT2D eigenvalue weighted by Gasteiger charge is 2.51. The van der Waals surface area contributed by atoms with Gasteiger partial charge in [-0.1, -0.05) is 88.4 Å². The van der Waals surface area contributed by atoms with E-state index in [-0.39, 0.29) is 17.1 Å². The molecule has 27 heavy (non-hydrogen) atoms. The summed E-state index contributed by atoms with van der Waals surface area (Å²) in [6, 6.07) is 20.9. The molecular weight excluding hydrogens is 355 g/mol. The second kappa shape index (κ2) is 9.13. The molecule has 4 heteroatoms. The van der Waals surface area contributed by atoms with Crippen LogP contribution in [-0.4, -0.2) is 32.3 Å². The summed E-state index contributed by atoms with van der Waals surface area (Å²) in [6.45, 7) is 10.3. The van der Waals surface area contributed by atoms with Gasteiger partial charge in [-0.3, -0.25) is 0 Å². The Morgan fingerprint density at radius 1 is 0.926 bits per heavy atom. The Balaban J connectivity index is 2.52. The second-order valence-electron chi connectivity index (χ2n) is 8.48. The van der Waals surface area contributed by atoms with E-state index in [0.29, 0.717) is 6.42 Å². The molecule has 0 fully saturated rings. The first-order valence-corrected chi connectivity index (χ1v) is 11.7. The molecule has 2 rings (SSSR count). The zero-order valence-electron chi connectivity index (χ0n) is 17.2. The molecule has 2 aromatic rings. The van der Waals surface area contributed by atoms with Crippen LogP contribution in [0.15, 0.2) is 60.7 Å². The maximum atomic E-state index is 13.8. The highest BCUT2D eigenvalue weighted by Crippen LogP contribution is 2.38. The second-order valence-corrected chi connectivity index (χ2v) is 12.7. The minimum atomic E-state index is -2.62. The van der Waals surface area contributed by atoms with Gasteiger partial charge < -0.3 is 9.53 Å². The van der Waals surface area contributed by atoms with Crippen molar-refractivity contribution in [3.63, 3.8) is 0 Å². The van der Waals surface area contributed by atoms with E-state index in [0.717, 1.165) is 0 Å². The van der Waals surface area contributed by atoms with Crippen LogP contribution in [0.1, 0.15) is 41.0 Å². The van der Waals surface area contributed by atoms with Crippen LogP contribution in [0.5, 0.6) is 0 Å². The first kappa shape index (κ1) is 21.8. The van der Waals surface area contributed by atoms with Crippen LogP contribution in [-0.2, 0) is 4.43 Å². The van der Waals surface area contributed by atoms with Gasteiger partial charge in [-0.25, -0.2) is 4.39 Å². The SMILES string of the molecule is C[C@H](CC(F)CO)[C@H](C)O[Si](c1ccccc1)(c1ccccc1)C(C)(C)C. The van der Waals surface area contributed by atoms with E-state index in [1.807, 2.05) is 26.0 Å². The lowest BCUT2D eigenvalue weighted by molar-refractivity contribution is 0.0986. The van der Waals surface area contributed by atoms with Gasteiger partial charge in [-0.15, -0.1) is 0 Å². The monoisotopic (exact) mass is 388 g/mol. The van der Waals surface area contributed by atoms with Crippen molar-refractivity contribution in [3.8, 4) is 0 Å². The summed E-state index contributed by atoms with van der Waals surface area (Å²) in [4.78, 5) is 0. The van der Waals surface area contributed by atoms with Crippen molar-refractivity contribution in [1.82, 2.24) is 0 Å². The summed E-state index contributed by atoms with van der Waals surface area (Å²) in [5.74, 6) is 0.00815. The Labute approximate surface area is 164 Å². The number of hydrogen-bond acceptors (Lipinski definition) is 2. The van der Waals surface area contributed by atoms with Crippen molar-refractivity contribution in [3.05, 3.63) is 60.7 Å². The summed E-state index contributed by atoms with van der Waals surface area (Å²) in [5.41, 5.74) is 0. The maximum Gasteiger partial charge on any atom is 0.261 e. The van der Waals surface area contributed by atoms with Crippen molar-refractivity contribution in [2.45, 2.75) is 58.4 Å². The first-order chi connectivity index (χ1) is 12.7. The third-order valence-corrected chi connectivity index (χ3v) is 10.5. The number of aliphatic hydroxyl groups is 1. The number of halogens is 1. The van der Waals surface area contributed by atoms with Gasteiger partial charge in [0, 0.05) is 6.10 Å². The number of benzene rings is 2. The largest absolute Gasteiger partial charge is 0.404 e. The molecule has 0 heterocycles. The highest BCUT2D eigenvalue weighted by molar-refractivity contribution is 6.99. The third kappa shape index (κ3) is 4.87. The highest BCUT2D eigenvalue weighted by atomic mass is 28.4. The number of alkyl halides is 1. The Bertz CT molecular complexity index is 645. The molecule has 148 valence electrons. The molecule has 0 radical (unpaired) electrons. The van der Waals surface area contributed by atoms with Crippen molar-refractivity contribution in [2.24, 2.45) is 5.92 Å². The minimum absolute atomic E-state index is 0.00815. The van der Waals surface area contributed by atoms with E-state index < -0.39 is 21.1 Å². The zero-order chi connectivity index (χ0) is 20.1. The Morgan fingerprint density at radius 2 is 1.37 bits per heavy atom. The lowest BCUT2D eigenvalue weighted by Crippen LogP contribution is -2.67. The molecule has 0 bridgehead atoms. The lowest BCUT2D eigenvalue weighted by atomic mass is 10.00. The van der Waals surface area contributed by atoms with Crippen LogP contribution in [0.4, 0.5) is 4.39 Å². The first-order valence-electron chi connectivity index (χ1n) is 9.76. The van der Waals surface area contributed by atoms with Crippen LogP contribution in [0.2, 0.25) is 5.04 Å².